The van der Waals surface area contributed by atoms with Gasteiger partial charge in [-0.05, 0) is 61.6 Å². The summed E-state index contributed by atoms with van der Waals surface area (Å²) in [6.07, 6.45) is 4.30. The third kappa shape index (κ3) is 2.75. The zero-order valence-electron chi connectivity index (χ0n) is 16.3. The summed E-state index contributed by atoms with van der Waals surface area (Å²) in [5.74, 6) is -0.238. The van der Waals surface area contributed by atoms with E-state index in [1.54, 1.807) is 38.1 Å². The summed E-state index contributed by atoms with van der Waals surface area (Å²) in [4.78, 5) is 26.4. The van der Waals surface area contributed by atoms with E-state index in [9.17, 15) is 14.7 Å². The van der Waals surface area contributed by atoms with Gasteiger partial charge in [-0.3, -0.25) is 9.59 Å². The van der Waals surface area contributed by atoms with Crippen LogP contribution in [-0.2, 0) is 9.59 Å². The molecular weight excluding hydrogens is 340 g/mol. The van der Waals surface area contributed by atoms with Gasteiger partial charge in [0.05, 0.1) is 12.0 Å². The van der Waals surface area contributed by atoms with Gasteiger partial charge < -0.3 is 9.84 Å². The van der Waals surface area contributed by atoms with E-state index < -0.39 is 11.3 Å². The van der Waals surface area contributed by atoms with Crippen molar-refractivity contribution in [3.8, 4) is 11.5 Å². The van der Waals surface area contributed by atoms with Crippen molar-refractivity contribution in [3.05, 3.63) is 59.2 Å². The van der Waals surface area contributed by atoms with Crippen LogP contribution in [0.1, 0.15) is 45.6 Å². The average Bonchev–Trinajstić information content (AvgIpc) is 2.66. The highest BCUT2D eigenvalue weighted by atomic mass is 16.5. The smallest absolute Gasteiger partial charge is 0.166 e. The molecule has 2 aliphatic carbocycles. The Bertz CT molecular complexity index is 890. The van der Waals surface area contributed by atoms with Gasteiger partial charge in [-0.15, -0.1) is 0 Å². The van der Waals surface area contributed by atoms with Crippen LogP contribution in [-0.4, -0.2) is 23.3 Å². The van der Waals surface area contributed by atoms with Crippen molar-refractivity contribution in [3.63, 3.8) is 0 Å². The first-order valence-corrected chi connectivity index (χ1v) is 9.32. The van der Waals surface area contributed by atoms with Gasteiger partial charge in [0.1, 0.15) is 0 Å². The molecule has 1 aromatic rings. The molecule has 4 heteroatoms. The van der Waals surface area contributed by atoms with Crippen LogP contribution in [0.5, 0.6) is 11.5 Å². The number of Topliss-reactive ketones (excluding diaryl/α,β-unsaturated/α-hetero) is 2. The maximum atomic E-state index is 13.4. The normalized spacial score (nSPS) is 27.9. The van der Waals surface area contributed by atoms with Crippen LogP contribution in [0.25, 0.3) is 0 Å². The third-order valence-corrected chi connectivity index (χ3v) is 6.18. The Labute approximate surface area is 160 Å². The number of carbonyl (C=O) groups is 2. The lowest BCUT2D eigenvalue weighted by Gasteiger charge is -2.48. The number of phenolic OH excluding ortho intramolecular Hbond substituents is 1. The number of fused-ring (bicyclic) bond motifs is 1. The molecule has 3 unspecified atom stereocenters. The molecule has 0 saturated heterocycles. The number of rotatable bonds is 4. The summed E-state index contributed by atoms with van der Waals surface area (Å²) in [5.41, 5.74) is 1.98. The summed E-state index contributed by atoms with van der Waals surface area (Å²) in [5, 5.41) is 10.1. The summed E-state index contributed by atoms with van der Waals surface area (Å²) in [7, 11) is 0. The van der Waals surface area contributed by atoms with Gasteiger partial charge in [0, 0.05) is 11.8 Å². The Morgan fingerprint density at radius 2 is 2.00 bits per heavy atom. The van der Waals surface area contributed by atoms with Crippen molar-refractivity contribution in [2.45, 2.75) is 40.0 Å². The standard InChI is InChI=1S/C23H26O4/c1-6-15-8-10-17-21(25)13(3)14(4)22(26)23(17,5)20(15)16-9-11-18(24)19(12-16)27-7-2/h6,8-9,11-12,17,20,24H,1,7,10H2,2-5H3. The number of carbonyl (C=O) groups excluding carboxylic acids is 2. The zero-order chi connectivity index (χ0) is 19.9. The molecule has 0 amide bonds. The van der Waals surface area contributed by atoms with Crippen LogP contribution in [0.15, 0.2) is 53.6 Å². The monoisotopic (exact) mass is 366 g/mol. The van der Waals surface area contributed by atoms with Gasteiger partial charge in [-0.2, -0.15) is 0 Å². The topological polar surface area (TPSA) is 63.6 Å². The molecule has 0 spiro atoms. The number of ether oxygens (including phenoxy) is 1. The second-order valence-electron chi connectivity index (χ2n) is 7.52. The lowest BCUT2D eigenvalue weighted by Crippen LogP contribution is -2.50. The van der Waals surface area contributed by atoms with Gasteiger partial charge in [0.25, 0.3) is 0 Å². The van der Waals surface area contributed by atoms with E-state index >= 15 is 0 Å². The van der Waals surface area contributed by atoms with Crippen LogP contribution < -0.4 is 4.74 Å². The SMILES string of the molecule is C=CC1=CCC2C(=O)C(C)=C(C)C(=O)C2(C)C1c1ccc(O)c(OCC)c1. The van der Waals surface area contributed by atoms with Crippen molar-refractivity contribution in [2.75, 3.05) is 6.61 Å². The highest BCUT2D eigenvalue weighted by molar-refractivity contribution is 6.15. The average molecular weight is 366 g/mol. The van der Waals surface area contributed by atoms with Gasteiger partial charge in [0.2, 0.25) is 0 Å². The Kier molecular flexibility index (Phi) is 4.85. The number of allylic oxidation sites excluding steroid dienone is 5. The quantitative estimate of drug-likeness (QED) is 0.852. The molecule has 2 aliphatic rings. The fourth-order valence-electron chi connectivity index (χ4n) is 4.57. The lowest BCUT2D eigenvalue weighted by molar-refractivity contribution is -0.138. The number of hydrogen-bond acceptors (Lipinski definition) is 4. The Morgan fingerprint density at radius 3 is 2.63 bits per heavy atom. The number of aromatic hydroxyl groups is 1. The molecule has 0 radical (unpaired) electrons. The van der Waals surface area contributed by atoms with Gasteiger partial charge >= 0.3 is 0 Å². The molecule has 3 rings (SSSR count). The minimum absolute atomic E-state index is 0.00749. The highest BCUT2D eigenvalue weighted by Crippen LogP contribution is 2.56. The van der Waals surface area contributed by atoms with Crippen molar-refractivity contribution >= 4 is 11.6 Å². The molecule has 1 N–H and O–H groups in total. The maximum absolute atomic E-state index is 13.4. The highest BCUT2D eigenvalue weighted by Gasteiger charge is 2.56. The summed E-state index contributed by atoms with van der Waals surface area (Å²) in [6.45, 7) is 11.6. The van der Waals surface area contributed by atoms with Gasteiger partial charge in [-0.1, -0.05) is 31.7 Å². The van der Waals surface area contributed by atoms with E-state index in [1.807, 2.05) is 19.9 Å². The second-order valence-corrected chi connectivity index (χ2v) is 7.52. The van der Waals surface area contributed by atoms with Crippen molar-refractivity contribution in [1.29, 1.82) is 0 Å². The molecule has 0 aromatic heterocycles. The molecule has 1 aromatic carbocycles. The molecule has 0 bridgehead atoms. The van der Waals surface area contributed by atoms with E-state index in [0.717, 1.165) is 11.1 Å². The first-order valence-electron chi connectivity index (χ1n) is 9.32. The van der Waals surface area contributed by atoms with E-state index in [2.05, 4.69) is 6.58 Å². The predicted octanol–water partition coefficient (Wildman–Crippen LogP) is 4.50. The van der Waals surface area contributed by atoms with E-state index in [1.165, 1.54) is 0 Å². The van der Waals surface area contributed by atoms with Gasteiger partial charge in [0.15, 0.2) is 23.1 Å². The molecule has 0 aliphatic heterocycles. The molecule has 142 valence electrons. The largest absolute Gasteiger partial charge is 0.504 e. The molecule has 27 heavy (non-hydrogen) atoms. The predicted molar refractivity (Wildman–Crippen MR) is 105 cm³/mol. The fourth-order valence-corrected chi connectivity index (χ4v) is 4.57. The van der Waals surface area contributed by atoms with E-state index in [0.29, 0.717) is 29.9 Å². The Hall–Kier alpha value is -2.62. The summed E-state index contributed by atoms with van der Waals surface area (Å²) < 4.78 is 5.54. The molecular formula is C23H26O4. The van der Waals surface area contributed by atoms with Crippen LogP contribution in [0, 0.1) is 11.3 Å². The summed E-state index contributed by atoms with van der Waals surface area (Å²) in [6, 6.07) is 5.15. The number of ketones is 2. The van der Waals surface area contributed by atoms with Crippen LogP contribution in [0.4, 0.5) is 0 Å². The molecule has 4 nitrogen and oxygen atoms in total. The van der Waals surface area contributed by atoms with Crippen molar-refractivity contribution < 1.29 is 19.4 Å². The van der Waals surface area contributed by atoms with E-state index in [4.69, 9.17) is 4.74 Å². The van der Waals surface area contributed by atoms with Crippen molar-refractivity contribution in [1.82, 2.24) is 0 Å². The zero-order valence-corrected chi connectivity index (χ0v) is 16.3. The van der Waals surface area contributed by atoms with Crippen LogP contribution >= 0.6 is 0 Å². The number of phenols is 1. The van der Waals surface area contributed by atoms with E-state index in [-0.39, 0.29) is 23.2 Å². The molecule has 0 saturated carbocycles. The molecule has 3 atom stereocenters. The second kappa shape index (κ2) is 6.84. The Morgan fingerprint density at radius 1 is 1.30 bits per heavy atom. The summed E-state index contributed by atoms with van der Waals surface area (Å²) >= 11 is 0. The minimum Gasteiger partial charge on any atom is -0.504 e. The van der Waals surface area contributed by atoms with Crippen molar-refractivity contribution in [2.24, 2.45) is 11.3 Å². The third-order valence-electron chi connectivity index (χ3n) is 6.18. The number of benzene rings is 1. The molecule has 0 heterocycles. The van der Waals surface area contributed by atoms with Crippen LogP contribution in [0.3, 0.4) is 0 Å². The van der Waals surface area contributed by atoms with Crippen LogP contribution in [0.2, 0.25) is 0 Å². The lowest BCUT2D eigenvalue weighted by atomic mass is 9.52. The minimum atomic E-state index is -0.889. The Balaban J connectivity index is 2.23. The number of hydrogen-bond donors (Lipinski definition) is 1. The first-order chi connectivity index (χ1) is 12.8. The van der Waals surface area contributed by atoms with Gasteiger partial charge in [-0.25, -0.2) is 0 Å². The molecule has 0 fully saturated rings. The fraction of sp³-hybridized carbons (Fsp3) is 0.391. The first kappa shape index (κ1) is 19.2. The maximum Gasteiger partial charge on any atom is 0.166 e.